The van der Waals surface area contributed by atoms with E-state index in [-0.39, 0.29) is 40.2 Å². The van der Waals surface area contributed by atoms with Crippen LogP contribution in [0.25, 0.3) is 0 Å². The summed E-state index contributed by atoms with van der Waals surface area (Å²) >= 11 is 0. The molecule has 0 radical (unpaired) electrons. The molecule has 0 aromatic heterocycles. The lowest BCUT2D eigenvalue weighted by Crippen LogP contribution is -2.65. The second-order valence-electron chi connectivity index (χ2n) is 11.2. The van der Waals surface area contributed by atoms with Crippen LogP contribution in [0, 0.1) is 34.0 Å². The molecule has 25 heavy (non-hydrogen) atoms. The Kier molecular flexibility index (Phi) is 3.29. The summed E-state index contributed by atoms with van der Waals surface area (Å²) in [7, 11) is 0. The van der Waals surface area contributed by atoms with Gasteiger partial charge in [-0.25, -0.2) is 0 Å². The Morgan fingerprint density at radius 2 is 1.56 bits per heavy atom. The molecule has 2 saturated heterocycles. The smallest absolute Gasteiger partial charge is 0.101 e. The van der Waals surface area contributed by atoms with Gasteiger partial charge < -0.3 is 14.9 Å². The minimum Gasteiger partial charge on any atom is -0.393 e. The number of hydrogen-bond donors (Lipinski definition) is 2. The molecule has 3 saturated carbocycles. The highest BCUT2D eigenvalue weighted by molar-refractivity contribution is 5.22. The Balaban J connectivity index is 1.54. The number of rotatable bonds is 0. The fraction of sp³-hybridized carbons (Fsp3) is 1.00. The first-order chi connectivity index (χ1) is 11.7. The highest BCUT2D eigenvalue weighted by atomic mass is 16.5. The lowest BCUT2D eigenvalue weighted by molar-refractivity contribution is -0.253. The van der Waals surface area contributed by atoms with Crippen molar-refractivity contribution in [3.05, 3.63) is 0 Å². The van der Waals surface area contributed by atoms with Crippen molar-refractivity contribution in [2.24, 2.45) is 34.0 Å². The molecule has 2 N–H and O–H groups in total. The van der Waals surface area contributed by atoms with Crippen LogP contribution in [0.15, 0.2) is 0 Å². The van der Waals surface area contributed by atoms with Crippen LogP contribution in [-0.2, 0) is 4.74 Å². The second-order valence-corrected chi connectivity index (χ2v) is 11.2. The Morgan fingerprint density at radius 3 is 2.32 bits per heavy atom. The molecule has 5 aliphatic rings. The predicted octanol–water partition coefficient (Wildman–Crippen LogP) is 3.91. The maximum atomic E-state index is 11.4. The molecule has 5 fully saturated rings. The lowest BCUT2D eigenvalue weighted by Gasteiger charge is -2.64. The van der Waals surface area contributed by atoms with E-state index in [1.54, 1.807) is 0 Å². The van der Waals surface area contributed by atoms with Crippen molar-refractivity contribution < 1.29 is 14.9 Å². The van der Waals surface area contributed by atoms with Gasteiger partial charge in [0.1, 0.15) is 5.60 Å². The normalized spacial score (nSPS) is 62.2. The second kappa shape index (κ2) is 4.83. The van der Waals surface area contributed by atoms with Crippen LogP contribution in [0.1, 0.15) is 79.1 Å². The van der Waals surface area contributed by atoms with Crippen LogP contribution < -0.4 is 0 Å². The largest absolute Gasteiger partial charge is 0.393 e. The van der Waals surface area contributed by atoms with E-state index in [1.807, 2.05) is 0 Å². The predicted molar refractivity (Wildman–Crippen MR) is 97.0 cm³/mol. The zero-order valence-electron chi connectivity index (χ0n) is 16.4. The topological polar surface area (TPSA) is 49.7 Å². The molecule has 0 amide bonds. The van der Waals surface area contributed by atoms with Crippen molar-refractivity contribution in [1.82, 2.24) is 0 Å². The molecule has 2 aliphatic heterocycles. The van der Waals surface area contributed by atoms with Crippen molar-refractivity contribution in [3.8, 4) is 0 Å². The quantitative estimate of drug-likeness (QED) is 0.698. The van der Waals surface area contributed by atoms with E-state index >= 15 is 0 Å². The summed E-state index contributed by atoms with van der Waals surface area (Å²) in [6.07, 6.45) is 8.77. The van der Waals surface area contributed by atoms with E-state index in [0.717, 1.165) is 25.7 Å². The molecule has 2 heterocycles. The van der Waals surface area contributed by atoms with Crippen molar-refractivity contribution in [2.75, 3.05) is 0 Å². The fourth-order valence-electron chi connectivity index (χ4n) is 8.58. The van der Waals surface area contributed by atoms with E-state index < -0.39 is 0 Å². The van der Waals surface area contributed by atoms with Crippen molar-refractivity contribution in [3.63, 3.8) is 0 Å². The summed E-state index contributed by atoms with van der Waals surface area (Å²) < 4.78 is 6.73. The SMILES string of the molecule is CC1(C)[C@@H]2CC[C@]3(C)[C@H]4CC[C@]5(C)[C@@H](O)CC[C@H]5[C@@H]4CC[C@]3(O2)[C@@H]1O. The van der Waals surface area contributed by atoms with Gasteiger partial charge in [-0.05, 0) is 74.5 Å². The first-order valence-electron chi connectivity index (χ1n) is 10.7. The van der Waals surface area contributed by atoms with Gasteiger partial charge in [0.25, 0.3) is 0 Å². The zero-order chi connectivity index (χ0) is 17.8. The number of aliphatic hydroxyl groups excluding tert-OH is 2. The monoisotopic (exact) mass is 348 g/mol. The van der Waals surface area contributed by atoms with Crippen molar-refractivity contribution >= 4 is 0 Å². The Morgan fingerprint density at radius 1 is 0.800 bits per heavy atom. The van der Waals surface area contributed by atoms with Crippen LogP contribution in [0.2, 0.25) is 0 Å². The van der Waals surface area contributed by atoms with Gasteiger partial charge in [-0.3, -0.25) is 0 Å². The van der Waals surface area contributed by atoms with Crippen LogP contribution in [0.3, 0.4) is 0 Å². The molecule has 5 rings (SSSR count). The van der Waals surface area contributed by atoms with Crippen molar-refractivity contribution in [1.29, 1.82) is 0 Å². The first kappa shape index (κ1) is 17.0. The highest BCUT2D eigenvalue weighted by Crippen LogP contribution is 2.71. The lowest BCUT2D eigenvalue weighted by atomic mass is 9.44. The van der Waals surface area contributed by atoms with E-state index in [0.29, 0.717) is 17.8 Å². The molecule has 3 aliphatic carbocycles. The van der Waals surface area contributed by atoms with E-state index in [1.165, 1.54) is 25.7 Å². The van der Waals surface area contributed by atoms with Gasteiger partial charge in [-0.1, -0.05) is 27.7 Å². The summed E-state index contributed by atoms with van der Waals surface area (Å²) in [5.41, 5.74) is -0.231. The Hall–Kier alpha value is -0.120. The Labute approximate surface area is 152 Å². The Bertz CT molecular complexity index is 588. The average molecular weight is 349 g/mol. The molecule has 142 valence electrons. The summed E-state index contributed by atoms with van der Waals surface area (Å²) in [4.78, 5) is 0. The van der Waals surface area contributed by atoms with Crippen LogP contribution in [-0.4, -0.2) is 34.1 Å². The number of ether oxygens (including phenoxy) is 1. The summed E-state index contributed by atoms with van der Waals surface area (Å²) in [5.74, 6) is 2.02. The molecule has 9 atom stereocenters. The summed E-state index contributed by atoms with van der Waals surface area (Å²) in [6.45, 7) is 9.21. The van der Waals surface area contributed by atoms with Gasteiger partial charge in [-0.2, -0.15) is 0 Å². The maximum absolute atomic E-state index is 11.4. The third-order valence-electron chi connectivity index (χ3n) is 10.3. The van der Waals surface area contributed by atoms with Gasteiger partial charge in [0.15, 0.2) is 0 Å². The molecular weight excluding hydrogens is 312 g/mol. The van der Waals surface area contributed by atoms with E-state index in [4.69, 9.17) is 4.74 Å². The molecule has 3 nitrogen and oxygen atoms in total. The van der Waals surface area contributed by atoms with Gasteiger partial charge >= 0.3 is 0 Å². The van der Waals surface area contributed by atoms with Gasteiger partial charge in [-0.15, -0.1) is 0 Å². The molecule has 0 aromatic rings. The minimum atomic E-state index is -0.346. The third-order valence-corrected chi connectivity index (χ3v) is 10.3. The number of aliphatic hydroxyl groups is 2. The molecule has 3 heteroatoms. The molecule has 2 bridgehead atoms. The van der Waals surface area contributed by atoms with Gasteiger partial charge in [0, 0.05) is 10.8 Å². The highest BCUT2D eigenvalue weighted by Gasteiger charge is 2.73. The zero-order valence-corrected chi connectivity index (χ0v) is 16.4. The van der Waals surface area contributed by atoms with Crippen LogP contribution in [0.4, 0.5) is 0 Å². The van der Waals surface area contributed by atoms with E-state index in [9.17, 15) is 10.2 Å². The number of hydrogen-bond acceptors (Lipinski definition) is 3. The van der Waals surface area contributed by atoms with Gasteiger partial charge in [0.2, 0.25) is 0 Å². The summed E-state index contributed by atoms with van der Waals surface area (Å²) in [5, 5.41) is 22.0. The maximum Gasteiger partial charge on any atom is 0.101 e. The molecule has 1 spiro atoms. The molecule has 0 unspecified atom stereocenters. The molecular formula is C22H36O3. The van der Waals surface area contributed by atoms with Crippen LogP contribution >= 0.6 is 0 Å². The van der Waals surface area contributed by atoms with Gasteiger partial charge in [0.05, 0.1) is 18.3 Å². The third kappa shape index (κ3) is 1.75. The summed E-state index contributed by atoms with van der Waals surface area (Å²) in [6, 6.07) is 0. The standard InChI is InChI=1S/C22H36O3/c1-19(2)17-9-11-21(4)15-8-10-20(3)14(5-6-16(20)23)13(15)7-12-22(21,25-17)18(19)24/h13-18,23-24H,5-12H2,1-4H3/t13-,14-,15-,16-,17-,18+,20-,21+,22-/m0/s1. The van der Waals surface area contributed by atoms with Crippen molar-refractivity contribution in [2.45, 2.75) is 103 Å². The van der Waals surface area contributed by atoms with E-state index in [2.05, 4.69) is 27.7 Å². The average Bonchev–Trinajstić information content (AvgIpc) is 2.96. The number of fused-ring (bicyclic) bond motifs is 5. The fourth-order valence-corrected chi connectivity index (χ4v) is 8.58. The molecule has 0 aromatic carbocycles. The van der Waals surface area contributed by atoms with Crippen LogP contribution in [0.5, 0.6) is 0 Å². The first-order valence-corrected chi connectivity index (χ1v) is 10.7. The minimum absolute atomic E-state index is 0.0917.